The number of carbonyl (C=O) groups is 2. The van der Waals surface area contributed by atoms with Gasteiger partial charge in [-0.1, -0.05) is 54.1 Å². The number of nitrogens with one attached hydrogen (secondary N) is 2. The second kappa shape index (κ2) is 8.00. The predicted octanol–water partition coefficient (Wildman–Crippen LogP) is 5.90. The zero-order valence-corrected chi connectivity index (χ0v) is 17.9. The van der Waals surface area contributed by atoms with E-state index in [1.807, 2.05) is 42.5 Å². The largest absolute Gasteiger partial charge is 0.507 e. The van der Waals surface area contributed by atoms with Crippen LogP contribution in [0.1, 0.15) is 21.7 Å². The highest BCUT2D eigenvalue weighted by Crippen LogP contribution is 2.41. The number of aromatic amines is 1. The maximum atomic E-state index is 12.6. The first kappa shape index (κ1) is 20.6. The van der Waals surface area contributed by atoms with Gasteiger partial charge in [0, 0.05) is 22.4 Å². The highest BCUT2D eigenvalue weighted by atomic mass is 35.5. The number of phenolic OH excluding ortho intramolecular Hbond substituents is 1. The number of aromatic hydroxyl groups is 1. The van der Waals surface area contributed by atoms with Gasteiger partial charge in [-0.15, -0.1) is 0 Å². The van der Waals surface area contributed by atoms with Crippen LogP contribution in [0.25, 0.3) is 33.9 Å². The van der Waals surface area contributed by atoms with E-state index in [1.54, 1.807) is 30.3 Å². The van der Waals surface area contributed by atoms with Gasteiger partial charge in [0.05, 0.1) is 16.3 Å². The molecular weight excluding hydrogens is 440 g/mol. The first-order valence-electron chi connectivity index (χ1n) is 10.1. The lowest BCUT2D eigenvalue weighted by molar-refractivity contribution is -0.110. The SMILES string of the molecule is O=C1Nc2cc(Cl)c(-c3ccc(-c4ccccc4O)cc3)cc2C1=Cc1ccc(C(=O)O)[nH]1. The molecule has 1 aliphatic rings. The monoisotopic (exact) mass is 456 g/mol. The fourth-order valence-electron chi connectivity index (χ4n) is 3.90. The van der Waals surface area contributed by atoms with E-state index in [1.165, 1.54) is 6.07 Å². The first-order chi connectivity index (χ1) is 15.9. The first-order valence-corrected chi connectivity index (χ1v) is 10.5. The summed E-state index contributed by atoms with van der Waals surface area (Å²) in [5.74, 6) is -1.16. The van der Waals surface area contributed by atoms with Crippen LogP contribution in [0.15, 0.2) is 72.8 Å². The lowest BCUT2D eigenvalue weighted by atomic mass is 9.96. The van der Waals surface area contributed by atoms with Gasteiger partial charge in [0.1, 0.15) is 11.4 Å². The van der Waals surface area contributed by atoms with Crippen LogP contribution in [-0.2, 0) is 4.79 Å². The number of carboxylic acid groups (broad SMARTS) is 1. The van der Waals surface area contributed by atoms with E-state index in [-0.39, 0.29) is 17.4 Å². The maximum Gasteiger partial charge on any atom is 0.352 e. The van der Waals surface area contributed by atoms with E-state index >= 15 is 0 Å². The minimum Gasteiger partial charge on any atom is -0.507 e. The number of anilines is 1. The molecule has 0 unspecified atom stereocenters. The van der Waals surface area contributed by atoms with E-state index < -0.39 is 5.97 Å². The fourth-order valence-corrected chi connectivity index (χ4v) is 4.17. The number of fused-ring (bicyclic) bond motifs is 1. The molecule has 5 rings (SSSR count). The van der Waals surface area contributed by atoms with E-state index in [0.29, 0.717) is 27.5 Å². The van der Waals surface area contributed by atoms with E-state index in [9.17, 15) is 14.7 Å². The Bertz CT molecular complexity index is 1450. The zero-order valence-electron chi connectivity index (χ0n) is 17.1. The summed E-state index contributed by atoms with van der Waals surface area (Å²) < 4.78 is 0. The molecule has 33 heavy (non-hydrogen) atoms. The highest BCUT2D eigenvalue weighted by molar-refractivity contribution is 6.38. The van der Waals surface area contributed by atoms with E-state index in [2.05, 4.69) is 10.3 Å². The highest BCUT2D eigenvalue weighted by Gasteiger charge is 2.26. The number of hydrogen-bond donors (Lipinski definition) is 4. The normalized spacial score (nSPS) is 13.7. The molecule has 0 bridgehead atoms. The molecule has 1 aromatic heterocycles. The van der Waals surface area contributed by atoms with Crippen molar-refractivity contribution >= 4 is 40.8 Å². The van der Waals surface area contributed by atoms with E-state index in [4.69, 9.17) is 16.7 Å². The number of carboxylic acids is 1. The average Bonchev–Trinajstić information content (AvgIpc) is 3.39. The van der Waals surface area contributed by atoms with Crippen LogP contribution in [0.5, 0.6) is 5.75 Å². The minimum atomic E-state index is -1.07. The Morgan fingerprint density at radius 1 is 0.879 bits per heavy atom. The molecule has 0 aliphatic carbocycles. The standard InChI is InChI=1S/C26H17ClN2O4/c27-21-13-23-19(20(25(31)29-23)11-16-9-10-22(28-16)26(32)33)12-18(21)15-7-5-14(6-8-15)17-3-1-2-4-24(17)30/h1-13,28,30H,(H,29,31)(H,32,33). The zero-order chi connectivity index (χ0) is 23.1. The molecule has 6 nitrogen and oxygen atoms in total. The Balaban J connectivity index is 1.53. The molecule has 0 spiro atoms. The van der Waals surface area contributed by atoms with Crippen LogP contribution < -0.4 is 5.32 Å². The molecule has 4 N–H and O–H groups in total. The third-order valence-corrected chi connectivity index (χ3v) is 5.85. The fraction of sp³-hybridized carbons (Fsp3) is 0. The number of hydrogen-bond acceptors (Lipinski definition) is 3. The van der Waals surface area contributed by atoms with Gasteiger partial charge in [-0.3, -0.25) is 4.79 Å². The second-order valence-corrected chi connectivity index (χ2v) is 8.02. The van der Waals surface area contributed by atoms with Gasteiger partial charge in [-0.25, -0.2) is 4.79 Å². The molecular formula is C26H17ClN2O4. The number of halogens is 1. The van der Waals surface area contributed by atoms with Crippen molar-refractivity contribution < 1.29 is 19.8 Å². The van der Waals surface area contributed by atoms with Crippen molar-refractivity contribution in [3.63, 3.8) is 0 Å². The van der Waals surface area contributed by atoms with Crippen LogP contribution in [0.2, 0.25) is 5.02 Å². The third-order valence-electron chi connectivity index (χ3n) is 5.54. The quantitative estimate of drug-likeness (QED) is 0.287. The van der Waals surface area contributed by atoms with Crippen LogP contribution >= 0.6 is 11.6 Å². The Morgan fingerprint density at radius 2 is 1.58 bits per heavy atom. The van der Waals surface area contributed by atoms with Crippen molar-refractivity contribution in [2.45, 2.75) is 0 Å². The van der Waals surface area contributed by atoms with Crippen molar-refractivity contribution in [3.05, 3.63) is 94.8 Å². The summed E-state index contributed by atoms with van der Waals surface area (Å²) in [4.78, 5) is 26.5. The number of aromatic carboxylic acids is 1. The molecule has 3 aromatic carbocycles. The number of para-hydroxylation sites is 1. The van der Waals surface area contributed by atoms with Crippen molar-refractivity contribution in [2.24, 2.45) is 0 Å². The lowest BCUT2D eigenvalue weighted by Gasteiger charge is -2.10. The number of carbonyl (C=O) groups excluding carboxylic acids is 1. The number of benzene rings is 3. The van der Waals surface area contributed by atoms with Gasteiger partial charge in [-0.2, -0.15) is 0 Å². The molecule has 1 amide bonds. The molecule has 0 saturated heterocycles. The summed E-state index contributed by atoms with van der Waals surface area (Å²) in [5, 5.41) is 22.5. The predicted molar refractivity (Wildman–Crippen MR) is 128 cm³/mol. The van der Waals surface area contributed by atoms with Gasteiger partial charge in [0.2, 0.25) is 0 Å². The molecule has 4 aromatic rings. The van der Waals surface area contributed by atoms with Crippen LogP contribution in [-0.4, -0.2) is 27.1 Å². The van der Waals surface area contributed by atoms with E-state index in [0.717, 1.165) is 22.3 Å². The summed E-state index contributed by atoms with van der Waals surface area (Å²) in [5.41, 5.74) is 5.44. The summed E-state index contributed by atoms with van der Waals surface area (Å²) >= 11 is 6.54. The number of phenols is 1. The molecule has 0 saturated carbocycles. The summed E-state index contributed by atoms with van der Waals surface area (Å²) in [6, 6.07) is 21.4. The lowest BCUT2D eigenvalue weighted by Crippen LogP contribution is -2.03. The average molecular weight is 457 g/mol. The number of amides is 1. The third kappa shape index (κ3) is 3.77. The van der Waals surface area contributed by atoms with Crippen LogP contribution in [0.4, 0.5) is 5.69 Å². The maximum absolute atomic E-state index is 12.6. The number of rotatable bonds is 4. The minimum absolute atomic E-state index is 0.0433. The molecule has 162 valence electrons. The van der Waals surface area contributed by atoms with Crippen molar-refractivity contribution in [1.82, 2.24) is 4.98 Å². The van der Waals surface area contributed by atoms with Crippen LogP contribution in [0, 0.1) is 0 Å². The van der Waals surface area contributed by atoms with Crippen molar-refractivity contribution in [3.8, 4) is 28.0 Å². The Labute approximate surface area is 193 Å². The van der Waals surface area contributed by atoms with Gasteiger partial charge in [0.15, 0.2) is 0 Å². The summed E-state index contributed by atoms with van der Waals surface area (Å²) in [6.45, 7) is 0. The van der Waals surface area contributed by atoms with Gasteiger partial charge >= 0.3 is 5.97 Å². The Hall–Kier alpha value is -4.29. The van der Waals surface area contributed by atoms with Gasteiger partial charge in [-0.05, 0) is 47.5 Å². The number of H-pyrrole nitrogens is 1. The van der Waals surface area contributed by atoms with Crippen molar-refractivity contribution in [2.75, 3.05) is 5.32 Å². The second-order valence-electron chi connectivity index (χ2n) is 7.62. The summed E-state index contributed by atoms with van der Waals surface area (Å²) in [7, 11) is 0. The molecule has 0 fully saturated rings. The summed E-state index contributed by atoms with van der Waals surface area (Å²) in [6.07, 6.45) is 1.62. The molecule has 7 heteroatoms. The Morgan fingerprint density at radius 3 is 2.24 bits per heavy atom. The Kier molecular flexibility index (Phi) is 4.99. The van der Waals surface area contributed by atoms with Gasteiger partial charge in [0.25, 0.3) is 5.91 Å². The molecule has 0 atom stereocenters. The number of aromatic nitrogens is 1. The smallest absolute Gasteiger partial charge is 0.352 e. The topological polar surface area (TPSA) is 102 Å². The van der Waals surface area contributed by atoms with Gasteiger partial charge < -0.3 is 20.5 Å². The molecule has 2 heterocycles. The molecule has 1 aliphatic heterocycles. The van der Waals surface area contributed by atoms with Crippen molar-refractivity contribution in [1.29, 1.82) is 0 Å². The molecule has 0 radical (unpaired) electrons. The van der Waals surface area contributed by atoms with Crippen LogP contribution in [0.3, 0.4) is 0 Å².